The summed E-state index contributed by atoms with van der Waals surface area (Å²) < 4.78 is 6.41. The summed E-state index contributed by atoms with van der Waals surface area (Å²) in [6, 6.07) is 15.8. The third-order valence-electron chi connectivity index (χ3n) is 5.71. The van der Waals surface area contributed by atoms with Gasteiger partial charge >= 0.3 is 5.97 Å². The molecule has 1 aliphatic rings. The SMILES string of the molecule is N#C/C(=C\c1ccc(OCc2cccc(C(=O)O)c2)c(Br)c1)C(=O)Nc1sc2c(c1C#N)CCCC2. The third-order valence-corrected chi connectivity index (χ3v) is 7.54. The van der Waals surface area contributed by atoms with Gasteiger partial charge in [-0.3, -0.25) is 4.79 Å². The van der Waals surface area contributed by atoms with Crippen molar-refractivity contribution in [1.82, 2.24) is 0 Å². The number of fused-ring (bicyclic) bond motifs is 1. The van der Waals surface area contributed by atoms with Crippen LogP contribution in [-0.2, 0) is 24.2 Å². The van der Waals surface area contributed by atoms with Gasteiger partial charge in [-0.25, -0.2) is 4.79 Å². The Morgan fingerprint density at radius 3 is 2.69 bits per heavy atom. The molecule has 0 saturated carbocycles. The van der Waals surface area contributed by atoms with Gasteiger partial charge in [0, 0.05) is 4.88 Å². The van der Waals surface area contributed by atoms with E-state index in [-0.39, 0.29) is 17.7 Å². The monoisotopic (exact) mass is 561 g/mol. The highest BCUT2D eigenvalue weighted by Gasteiger charge is 2.22. The molecule has 0 atom stereocenters. The normalized spacial score (nSPS) is 12.7. The Morgan fingerprint density at radius 1 is 1.17 bits per heavy atom. The average molecular weight is 562 g/mol. The maximum Gasteiger partial charge on any atom is 0.335 e. The highest BCUT2D eigenvalue weighted by Crippen LogP contribution is 2.38. The molecule has 1 heterocycles. The Kier molecular flexibility index (Phi) is 7.84. The second-order valence-corrected chi connectivity index (χ2v) is 10.1. The molecule has 0 unspecified atom stereocenters. The Balaban J connectivity index is 1.47. The van der Waals surface area contributed by atoms with Gasteiger partial charge in [0.05, 0.1) is 15.6 Å². The largest absolute Gasteiger partial charge is 0.488 e. The van der Waals surface area contributed by atoms with E-state index in [2.05, 4.69) is 27.3 Å². The first kappa shape index (κ1) is 25.2. The molecule has 2 N–H and O–H groups in total. The van der Waals surface area contributed by atoms with Gasteiger partial charge in [-0.2, -0.15) is 10.5 Å². The molecule has 0 bridgehead atoms. The highest BCUT2D eigenvalue weighted by molar-refractivity contribution is 9.10. The van der Waals surface area contributed by atoms with E-state index in [1.54, 1.807) is 36.4 Å². The van der Waals surface area contributed by atoms with Crippen molar-refractivity contribution in [3.63, 3.8) is 0 Å². The Morgan fingerprint density at radius 2 is 1.97 bits per heavy atom. The van der Waals surface area contributed by atoms with E-state index in [1.165, 1.54) is 23.5 Å². The number of halogens is 1. The fourth-order valence-electron chi connectivity index (χ4n) is 3.94. The van der Waals surface area contributed by atoms with E-state index in [0.29, 0.717) is 31.9 Å². The summed E-state index contributed by atoms with van der Waals surface area (Å²) in [5, 5.41) is 31.6. The van der Waals surface area contributed by atoms with E-state index >= 15 is 0 Å². The van der Waals surface area contributed by atoms with Crippen molar-refractivity contribution in [2.75, 3.05) is 5.32 Å². The van der Waals surface area contributed by atoms with Crippen LogP contribution in [0.3, 0.4) is 0 Å². The van der Waals surface area contributed by atoms with E-state index in [4.69, 9.17) is 9.84 Å². The number of carboxylic acids is 1. The zero-order valence-electron chi connectivity index (χ0n) is 19.0. The predicted octanol–water partition coefficient (Wildman–Crippen LogP) is 6.08. The average Bonchev–Trinajstić information content (AvgIpc) is 3.23. The van der Waals surface area contributed by atoms with E-state index < -0.39 is 11.9 Å². The molecule has 0 fully saturated rings. The molecule has 1 aliphatic carbocycles. The molecule has 180 valence electrons. The number of ether oxygens (including phenoxy) is 1. The number of carbonyl (C=O) groups excluding carboxylic acids is 1. The fraction of sp³-hybridized carbons (Fsp3) is 0.185. The van der Waals surface area contributed by atoms with Crippen LogP contribution in [0.15, 0.2) is 52.5 Å². The molecule has 1 aromatic heterocycles. The minimum Gasteiger partial charge on any atom is -0.488 e. The lowest BCUT2D eigenvalue weighted by atomic mass is 9.96. The maximum atomic E-state index is 12.8. The Labute approximate surface area is 220 Å². The van der Waals surface area contributed by atoms with Crippen molar-refractivity contribution >= 4 is 50.2 Å². The first-order valence-corrected chi connectivity index (χ1v) is 12.7. The fourth-order valence-corrected chi connectivity index (χ4v) is 5.68. The van der Waals surface area contributed by atoms with E-state index in [0.717, 1.165) is 36.1 Å². The standard InChI is InChI=1S/C27H20BrN3O4S/c28-22-12-16(8-9-23(22)35-15-17-4-3-5-18(11-17)27(33)34)10-19(13-29)25(32)31-26-21(14-30)20-6-1-2-7-24(20)36-26/h3-5,8-12H,1-2,6-7,15H2,(H,31,32)(H,33,34)/b19-10+. The summed E-state index contributed by atoms with van der Waals surface area (Å²) in [5.74, 6) is -1.05. The van der Waals surface area contributed by atoms with Gasteiger partial charge in [-0.15, -0.1) is 11.3 Å². The molecule has 0 spiro atoms. The highest BCUT2D eigenvalue weighted by atomic mass is 79.9. The molecule has 1 amide bonds. The predicted molar refractivity (Wildman–Crippen MR) is 140 cm³/mol. The lowest BCUT2D eigenvalue weighted by Gasteiger charge is -2.10. The van der Waals surface area contributed by atoms with Crippen LogP contribution in [-0.4, -0.2) is 17.0 Å². The summed E-state index contributed by atoms with van der Waals surface area (Å²) in [6.07, 6.45) is 5.30. The zero-order valence-corrected chi connectivity index (χ0v) is 21.4. The number of carbonyl (C=O) groups is 2. The van der Waals surface area contributed by atoms with Crippen LogP contribution in [0.2, 0.25) is 0 Å². The molecule has 0 radical (unpaired) electrons. The number of anilines is 1. The number of carboxylic acid groups (broad SMARTS) is 1. The van der Waals surface area contributed by atoms with Crippen LogP contribution in [0.4, 0.5) is 5.00 Å². The number of benzene rings is 2. The maximum absolute atomic E-state index is 12.8. The van der Waals surface area contributed by atoms with Gasteiger partial charge in [0.1, 0.15) is 35.1 Å². The second kappa shape index (κ2) is 11.2. The number of amides is 1. The van der Waals surface area contributed by atoms with Gasteiger partial charge in [-0.05, 0) is 88.6 Å². The number of aromatic carboxylic acids is 1. The number of hydrogen-bond acceptors (Lipinski definition) is 6. The van der Waals surface area contributed by atoms with Crippen molar-refractivity contribution in [3.05, 3.63) is 85.2 Å². The van der Waals surface area contributed by atoms with Crippen LogP contribution >= 0.6 is 27.3 Å². The van der Waals surface area contributed by atoms with Crippen molar-refractivity contribution in [3.8, 4) is 17.9 Å². The second-order valence-electron chi connectivity index (χ2n) is 8.13. The van der Waals surface area contributed by atoms with Crippen molar-refractivity contribution in [2.24, 2.45) is 0 Å². The molecule has 9 heteroatoms. The molecule has 7 nitrogen and oxygen atoms in total. The van der Waals surface area contributed by atoms with Crippen LogP contribution in [0.1, 0.15) is 50.3 Å². The van der Waals surface area contributed by atoms with Gasteiger partial charge < -0.3 is 15.2 Å². The lowest BCUT2D eigenvalue weighted by molar-refractivity contribution is -0.112. The number of nitriles is 2. The van der Waals surface area contributed by atoms with Gasteiger partial charge in [0.15, 0.2) is 0 Å². The molecule has 3 aromatic rings. The summed E-state index contributed by atoms with van der Waals surface area (Å²) >= 11 is 4.86. The molecule has 2 aromatic carbocycles. The molecule has 0 aliphatic heterocycles. The third kappa shape index (κ3) is 5.65. The van der Waals surface area contributed by atoms with Crippen molar-refractivity contribution in [1.29, 1.82) is 10.5 Å². The van der Waals surface area contributed by atoms with Gasteiger partial charge in [-0.1, -0.05) is 18.2 Å². The van der Waals surface area contributed by atoms with Crippen LogP contribution in [0.25, 0.3) is 6.08 Å². The van der Waals surface area contributed by atoms with Crippen LogP contribution < -0.4 is 10.1 Å². The summed E-state index contributed by atoms with van der Waals surface area (Å²) in [7, 11) is 0. The number of hydrogen-bond donors (Lipinski definition) is 2. The van der Waals surface area contributed by atoms with Crippen molar-refractivity contribution < 1.29 is 19.4 Å². The quantitative estimate of drug-likeness (QED) is 0.266. The van der Waals surface area contributed by atoms with Crippen molar-refractivity contribution in [2.45, 2.75) is 32.3 Å². The first-order chi connectivity index (χ1) is 17.4. The molecular formula is C27H20BrN3O4S. The smallest absolute Gasteiger partial charge is 0.335 e. The Bertz CT molecular complexity index is 1460. The van der Waals surface area contributed by atoms with Crippen LogP contribution in [0.5, 0.6) is 5.75 Å². The molecule has 0 saturated heterocycles. The zero-order chi connectivity index (χ0) is 25.7. The Hall–Kier alpha value is -3.92. The number of thiophene rings is 1. The topological polar surface area (TPSA) is 123 Å². The van der Waals surface area contributed by atoms with Gasteiger partial charge in [0.25, 0.3) is 5.91 Å². The summed E-state index contributed by atoms with van der Waals surface area (Å²) in [6.45, 7) is 0.173. The number of nitrogens with zero attached hydrogens (tertiary/aromatic N) is 2. The van der Waals surface area contributed by atoms with E-state index in [9.17, 15) is 20.1 Å². The summed E-state index contributed by atoms with van der Waals surface area (Å²) in [5.41, 5.74) is 2.93. The summed E-state index contributed by atoms with van der Waals surface area (Å²) in [4.78, 5) is 25.1. The molecule has 36 heavy (non-hydrogen) atoms. The minimum atomic E-state index is -1.01. The van der Waals surface area contributed by atoms with E-state index in [1.807, 2.05) is 6.07 Å². The minimum absolute atomic E-state index is 0.0867. The van der Waals surface area contributed by atoms with Crippen LogP contribution in [0, 0.1) is 22.7 Å². The number of aryl methyl sites for hydroxylation is 1. The molecule has 4 rings (SSSR count). The molecular weight excluding hydrogens is 542 g/mol. The number of nitrogens with one attached hydrogen (secondary N) is 1. The first-order valence-electron chi connectivity index (χ1n) is 11.1. The van der Waals surface area contributed by atoms with Gasteiger partial charge in [0.2, 0.25) is 0 Å². The number of rotatable bonds is 7. The lowest BCUT2D eigenvalue weighted by Crippen LogP contribution is -2.13.